The molecule has 0 aliphatic carbocycles. The van der Waals surface area contributed by atoms with Crippen LogP contribution >= 0.6 is 12.6 Å². The van der Waals surface area contributed by atoms with Gasteiger partial charge in [0.1, 0.15) is 6.29 Å². The van der Waals surface area contributed by atoms with E-state index in [0.717, 1.165) is 4.90 Å². The molecule has 1 fully saturated rings. The molecule has 1 N–H and O–H groups in total. The monoisotopic (exact) mass is 292 g/mol. The average molecular weight is 292 g/mol. The lowest BCUT2D eigenvalue weighted by Gasteiger charge is -2.15. The zero-order chi connectivity index (χ0) is 14.7. The molecule has 3 amide bonds. The number of amides is 3. The minimum Gasteiger partial charge on any atom is -0.345 e. The molecule has 1 aromatic rings. The Hall–Kier alpha value is -2.15. The number of benzene rings is 1. The molecule has 7 heteroatoms. The Kier molecular flexibility index (Phi) is 4.19. The molecule has 0 aromatic heterocycles. The molecule has 1 aliphatic rings. The summed E-state index contributed by atoms with van der Waals surface area (Å²) in [5.74, 6) is -1.19. The Labute approximate surface area is 120 Å². The fourth-order valence-electron chi connectivity index (χ4n) is 1.91. The Morgan fingerprint density at radius 2 is 2.20 bits per heavy atom. The van der Waals surface area contributed by atoms with Gasteiger partial charge in [0.25, 0.3) is 5.91 Å². The van der Waals surface area contributed by atoms with Gasteiger partial charge in [0.15, 0.2) is 0 Å². The van der Waals surface area contributed by atoms with Gasteiger partial charge < -0.3 is 10.1 Å². The molecule has 1 heterocycles. The second-order valence-electron chi connectivity index (χ2n) is 4.21. The minimum absolute atomic E-state index is 0.0451. The third-order valence-corrected chi connectivity index (χ3v) is 3.24. The van der Waals surface area contributed by atoms with E-state index < -0.39 is 17.1 Å². The summed E-state index contributed by atoms with van der Waals surface area (Å²) < 4.78 is 0. The Morgan fingerprint density at radius 1 is 1.45 bits per heavy atom. The molecular formula is C13H12N2O4S. The molecule has 1 saturated heterocycles. The maximum Gasteiger partial charge on any atom is 0.251 e. The third-order valence-electron chi connectivity index (χ3n) is 2.84. The number of rotatable bonds is 4. The highest BCUT2D eigenvalue weighted by molar-refractivity contribution is 7.82. The van der Waals surface area contributed by atoms with Crippen LogP contribution in [0.15, 0.2) is 24.3 Å². The molecule has 1 aromatic carbocycles. The first-order chi connectivity index (χ1) is 9.54. The molecule has 104 valence electrons. The summed E-state index contributed by atoms with van der Waals surface area (Å²) in [6.07, 6.45) is 0.615. The zero-order valence-corrected chi connectivity index (χ0v) is 11.3. The molecule has 20 heavy (non-hydrogen) atoms. The van der Waals surface area contributed by atoms with Gasteiger partial charge in [-0.2, -0.15) is 12.6 Å². The summed E-state index contributed by atoms with van der Waals surface area (Å²) in [7, 11) is 0. The number of anilines is 1. The quantitative estimate of drug-likeness (QED) is 0.471. The van der Waals surface area contributed by atoms with Crippen molar-refractivity contribution in [3.05, 3.63) is 29.8 Å². The van der Waals surface area contributed by atoms with Gasteiger partial charge in [0, 0.05) is 12.0 Å². The topological polar surface area (TPSA) is 83.6 Å². The lowest BCUT2D eigenvalue weighted by atomic mass is 10.1. The predicted molar refractivity (Wildman–Crippen MR) is 74.7 cm³/mol. The van der Waals surface area contributed by atoms with E-state index in [9.17, 15) is 19.2 Å². The van der Waals surface area contributed by atoms with E-state index in [1.807, 2.05) is 0 Å². The van der Waals surface area contributed by atoms with Crippen molar-refractivity contribution < 1.29 is 19.2 Å². The van der Waals surface area contributed by atoms with Crippen molar-refractivity contribution in [1.82, 2.24) is 5.32 Å². The van der Waals surface area contributed by atoms with Gasteiger partial charge in [-0.1, -0.05) is 6.07 Å². The molecule has 0 spiro atoms. The van der Waals surface area contributed by atoms with Crippen molar-refractivity contribution >= 4 is 42.3 Å². The van der Waals surface area contributed by atoms with Crippen molar-refractivity contribution in [1.29, 1.82) is 0 Å². The van der Waals surface area contributed by atoms with Crippen molar-refractivity contribution in [2.75, 3.05) is 11.4 Å². The Balaban J connectivity index is 2.26. The molecule has 6 nitrogen and oxygen atoms in total. The van der Waals surface area contributed by atoms with Crippen LogP contribution in [0.4, 0.5) is 5.69 Å². The number of nitrogens with zero attached hydrogens (tertiary/aromatic N) is 1. The van der Waals surface area contributed by atoms with Crippen LogP contribution in [0.1, 0.15) is 16.8 Å². The normalized spacial score (nSPS) is 18.2. The van der Waals surface area contributed by atoms with E-state index in [4.69, 9.17) is 0 Å². The molecule has 1 unspecified atom stereocenters. The van der Waals surface area contributed by atoms with Crippen LogP contribution < -0.4 is 10.2 Å². The SMILES string of the molecule is O=CCNC(=O)c1cccc(N2C(=O)CC(S)C2=O)c1. The summed E-state index contributed by atoms with van der Waals surface area (Å²) in [4.78, 5) is 46.6. The lowest BCUT2D eigenvalue weighted by Crippen LogP contribution is -2.31. The zero-order valence-electron chi connectivity index (χ0n) is 10.4. The van der Waals surface area contributed by atoms with Gasteiger partial charge in [-0.25, -0.2) is 4.90 Å². The minimum atomic E-state index is -0.643. The molecule has 1 aliphatic heterocycles. The van der Waals surface area contributed by atoms with E-state index in [1.54, 1.807) is 12.1 Å². The van der Waals surface area contributed by atoms with Gasteiger partial charge in [0.05, 0.1) is 17.5 Å². The first-order valence-electron chi connectivity index (χ1n) is 5.91. The maximum absolute atomic E-state index is 11.9. The van der Waals surface area contributed by atoms with E-state index >= 15 is 0 Å². The molecule has 2 rings (SSSR count). The molecular weight excluding hydrogens is 280 g/mol. The number of carbonyl (C=O) groups excluding carboxylic acids is 4. The second-order valence-corrected chi connectivity index (χ2v) is 4.84. The summed E-state index contributed by atoms with van der Waals surface area (Å²) in [5.41, 5.74) is 0.600. The predicted octanol–water partition coefficient (Wildman–Crippen LogP) is 0.177. The summed E-state index contributed by atoms with van der Waals surface area (Å²) in [6.45, 7) is -0.0939. The Bertz CT molecular complexity index is 587. The van der Waals surface area contributed by atoms with Crippen LogP contribution in [0.5, 0.6) is 0 Å². The fourth-order valence-corrected chi connectivity index (χ4v) is 2.18. The van der Waals surface area contributed by atoms with Crippen LogP contribution in [-0.4, -0.2) is 35.8 Å². The molecule has 1 atom stereocenters. The van der Waals surface area contributed by atoms with Crippen molar-refractivity contribution in [3.63, 3.8) is 0 Å². The summed E-state index contributed by atoms with van der Waals surface area (Å²) >= 11 is 4.04. The van der Waals surface area contributed by atoms with Crippen LogP contribution in [-0.2, 0) is 14.4 Å². The van der Waals surface area contributed by atoms with Gasteiger partial charge in [0.2, 0.25) is 11.8 Å². The highest BCUT2D eigenvalue weighted by Gasteiger charge is 2.37. The lowest BCUT2D eigenvalue weighted by molar-refractivity contribution is -0.121. The first-order valence-corrected chi connectivity index (χ1v) is 6.43. The van der Waals surface area contributed by atoms with Crippen LogP contribution in [0.3, 0.4) is 0 Å². The van der Waals surface area contributed by atoms with E-state index in [1.165, 1.54) is 12.1 Å². The van der Waals surface area contributed by atoms with Crippen molar-refractivity contribution in [2.24, 2.45) is 0 Å². The second kappa shape index (κ2) is 5.87. The van der Waals surface area contributed by atoms with Crippen molar-refractivity contribution in [2.45, 2.75) is 11.7 Å². The van der Waals surface area contributed by atoms with E-state index in [-0.39, 0.29) is 24.4 Å². The van der Waals surface area contributed by atoms with Crippen molar-refractivity contribution in [3.8, 4) is 0 Å². The maximum atomic E-state index is 11.9. The van der Waals surface area contributed by atoms with Gasteiger partial charge in [-0.05, 0) is 18.2 Å². The number of aldehydes is 1. The number of imide groups is 1. The van der Waals surface area contributed by atoms with Crippen LogP contribution in [0.2, 0.25) is 0 Å². The van der Waals surface area contributed by atoms with Crippen LogP contribution in [0, 0.1) is 0 Å². The van der Waals surface area contributed by atoms with Crippen LogP contribution in [0.25, 0.3) is 0 Å². The summed E-state index contributed by atoms with van der Waals surface area (Å²) in [6, 6.07) is 6.10. The Morgan fingerprint density at radius 3 is 2.80 bits per heavy atom. The molecule has 0 bridgehead atoms. The van der Waals surface area contributed by atoms with Gasteiger partial charge in [-0.3, -0.25) is 14.4 Å². The smallest absolute Gasteiger partial charge is 0.251 e. The highest BCUT2D eigenvalue weighted by atomic mass is 32.1. The number of thiol groups is 1. The van der Waals surface area contributed by atoms with Gasteiger partial charge >= 0.3 is 0 Å². The molecule has 0 saturated carbocycles. The van der Waals surface area contributed by atoms with Gasteiger partial charge in [-0.15, -0.1) is 0 Å². The van der Waals surface area contributed by atoms with E-state index in [2.05, 4.69) is 17.9 Å². The number of hydrogen-bond acceptors (Lipinski definition) is 5. The largest absolute Gasteiger partial charge is 0.345 e. The average Bonchev–Trinajstić information content (AvgIpc) is 2.69. The third kappa shape index (κ3) is 2.72. The van der Waals surface area contributed by atoms with E-state index in [0.29, 0.717) is 12.0 Å². The molecule has 0 radical (unpaired) electrons. The number of carbonyl (C=O) groups is 4. The number of nitrogens with one attached hydrogen (secondary N) is 1. The number of hydrogen-bond donors (Lipinski definition) is 2. The first kappa shape index (κ1) is 14.3. The summed E-state index contributed by atoms with van der Waals surface area (Å²) in [5, 5.41) is 1.74. The highest BCUT2D eigenvalue weighted by Crippen LogP contribution is 2.25. The fraction of sp³-hybridized carbons (Fsp3) is 0.231. The standard InChI is InChI=1S/C13H12N2O4S/c16-5-4-14-12(18)8-2-1-3-9(6-8)15-11(17)7-10(20)13(15)19/h1-3,5-6,10,20H,4,7H2,(H,14,18).